The number of unbranched alkanes of at least 4 members (excludes halogenated alkanes) is 18. The second-order valence-corrected chi connectivity index (χ2v) is 16.1. The van der Waals surface area contributed by atoms with Crippen molar-refractivity contribution in [3.05, 3.63) is 60.8 Å². The number of rotatable bonds is 41. The van der Waals surface area contributed by atoms with E-state index >= 15 is 0 Å². The molecule has 9 nitrogen and oxygen atoms in total. The van der Waals surface area contributed by atoms with Crippen molar-refractivity contribution >= 4 is 19.7 Å². The highest BCUT2D eigenvalue weighted by atomic mass is 31.2. The number of esters is 1. The van der Waals surface area contributed by atoms with Crippen LogP contribution in [0, 0.1) is 0 Å². The first-order valence-electron chi connectivity index (χ1n) is 22.3. The minimum absolute atomic E-state index is 0.0618. The summed E-state index contributed by atoms with van der Waals surface area (Å²) in [6.45, 7) is 3.40. The maximum absolute atomic E-state index is 12.1. The van der Waals surface area contributed by atoms with E-state index in [0.717, 1.165) is 77.0 Å². The number of carbonyl (C=O) groups is 2. The Morgan fingerprint density at radius 1 is 0.571 bits per heavy atom. The monoisotopic (exact) mass is 808 g/mol. The summed E-state index contributed by atoms with van der Waals surface area (Å²) in [6.07, 6.45) is 50.1. The third kappa shape index (κ3) is 42.8. The number of amides is 1. The molecule has 0 aromatic heterocycles. The zero-order chi connectivity index (χ0) is 41.1. The Hall–Kier alpha value is -2.29. The molecule has 0 radical (unpaired) electrons. The highest BCUT2D eigenvalue weighted by molar-refractivity contribution is 7.47. The van der Waals surface area contributed by atoms with Crippen molar-refractivity contribution < 1.29 is 37.9 Å². The summed E-state index contributed by atoms with van der Waals surface area (Å²) >= 11 is 0. The highest BCUT2D eigenvalue weighted by Crippen LogP contribution is 2.42. The molecule has 0 saturated carbocycles. The van der Waals surface area contributed by atoms with Gasteiger partial charge in [-0.3, -0.25) is 18.6 Å². The molecule has 0 heterocycles. The predicted molar refractivity (Wildman–Crippen MR) is 233 cm³/mol. The lowest BCUT2D eigenvalue weighted by Gasteiger charge is -2.15. The van der Waals surface area contributed by atoms with Gasteiger partial charge in [0.2, 0.25) is 5.91 Å². The molecule has 2 atom stereocenters. The Morgan fingerprint density at radius 3 is 1.54 bits per heavy atom. The molecule has 0 aliphatic carbocycles. The summed E-state index contributed by atoms with van der Waals surface area (Å²) < 4.78 is 26.9. The lowest BCUT2D eigenvalue weighted by atomic mass is 10.0. The van der Waals surface area contributed by atoms with Crippen molar-refractivity contribution in [2.75, 3.05) is 26.4 Å². The molecule has 0 rings (SSSR count). The summed E-state index contributed by atoms with van der Waals surface area (Å²) in [5.74, 6) is -0.548. The second-order valence-electron chi connectivity index (χ2n) is 14.6. The number of ether oxygens (including phenoxy) is 1. The van der Waals surface area contributed by atoms with E-state index in [1.165, 1.54) is 83.5 Å². The predicted octanol–water partition coefficient (Wildman–Crippen LogP) is 12.5. The first kappa shape index (κ1) is 53.7. The van der Waals surface area contributed by atoms with Crippen LogP contribution in [0.15, 0.2) is 60.8 Å². The van der Waals surface area contributed by atoms with Crippen molar-refractivity contribution in [2.24, 2.45) is 0 Å². The van der Waals surface area contributed by atoms with Gasteiger partial charge >= 0.3 is 13.8 Å². The number of carbonyl (C=O) groups excluding carboxylic acids is 2. The van der Waals surface area contributed by atoms with Gasteiger partial charge in [-0.25, -0.2) is 4.57 Å². The van der Waals surface area contributed by atoms with Gasteiger partial charge < -0.3 is 20.1 Å². The number of allylic oxidation sites excluding steroid dienone is 10. The molecule has 0 spiro atoms. The van der Waals surface area contributed by atoms with E-state index in [4.69, 9.17) is 13.8 Å². The van der Waals surface area contributed by atoms with E-state index in [2.05, 4.69) is 79.9 Å². The highest BCUT2D eigenvalue weighted by Gasteiger charge is 2.23. The van der Waals surface area contributed by atoms with Crippen LogP contribution < -0.4 is 5.32 Å². The number of aliphatic hydroxyl groups excluding tert-OH is 1. The Bertz CT molecular complexity index is 1100. The van der Waals surface area contributed by atoms with Crippen LogP contribution in [0.25, 0.3) is 0 Å². The molecule has 3 N–H and O–H groups in total. The van der Waals surface area contributed by atoms with Gasteiger partial charge in [0.15, 0.2) is 0 Å². The van der Waals surface area contributed by atoms with Crippen LogP contribution >= 0.6 is 7.82 Å². The Balaban J connectivity index is 3.65. The van der Waals surface area contributed by atoms with Crippen LogP contribution in [0.5, 0.6) is 0 Å². The smallest absolute Gasteiger partial charge is 0.463 e. The third-order valence-electron chi connectivity index (χ3n) is 9.21. The number of aliphatic hydroxyl groups is 1. The fourth-order valence-electron chi connectivity index (χ4n) is 5.88. The van der Waals surface area contributed by atoms with E-state index in [9.17, 15) is 24.2 Å². The third-order valence-corrected chi connectivity index (χ3v) is 10.2. The lowest BCUT2D eigenvalue weighted by molar-refractivity contribution is -0.147. The van der Waals surface area contributed by atoms with Crippen molar-refractivity contribution in [1.82, 2.24) is 5.32 Å². The minimum atomic E-state index is -4.43. The van der Waals surface area contributed by atoms with Gasteiger partial charge in [0.1, 0.15) is 12.7 Å². The Morgan fingerprint density at radius 2 is 1.02 bits per heavy atom. The number of nitrogens with one attached hydrogen (secondary N) is 1. The molecule has 0 aromatic rings. The van der Waals surface area contributed by atoms with Crippen LogP contribution in [0.1, 0.15) is 187 Å². The average Bonchev–Trinajstić information content (AvgIpc) is 3.18. The molecule has 0 bridgehead atoms. The molecule has 0 saturated heterocycles. The molecule has 0 fully saturated rings. The Kier molecular flexibility index (Phi) is 40.6. The summed E-state index contributed by atoms with van der Waals surface area (Å²) in [6, 6.07) is 0. The fourth-order valence-corrected chi connectivity index (χ4v) is 6.63. The van der Waals surface area contributed by atoms with Crippen LogP contribution in [0.2, 0.25) is 0 Å². The number of phosphoric ester groups is 1. The maximum Gasteiger partial charge on any atom is 0.472 e. The van der Waals surface area contributed by atoms with Gasteiger partial charge in [0.05, 0.1) is 13.2 Å². The molecule has 0 aliphatic heterocycles. The van der Waals surface area contributed by atoms with E-state index in [0.29, 0.717) is 6.42 Å². The normalized spacial score (nSPS) is 13.9. The van der Waals surface area contributed by atoms with Gasteiger partial charge in [-0.1, -0.05) is 177 Å². The van der Waals surface area contributed by atoms with E-state index in [1.54, 1.807) is 0 Å². The Labute approximate surface area is 342 Å². The molecule has 10 heteroatoms. The fraction of sp³-hybridized carbons (Fsp3) is 0.739. The van der Waals surface area contributed by atoms with Crippen LogP contribution in [-0.2, 0) is 27.9 Å². The van der Waals surface area contributed by atoms with Crippen molar-refractivity contribution in [1.29, 1.82) is 0 Å². The van der Waals surface area contributed by atoms with E-state index in [1.807, 2.05) is 0 Å². The minimum Gasteiger partial charge on any atom is -0.463 e. The molecule has 0 aliphatic rings. The van der Waals surface area contributed by atoms with Crippen molar-refractivity contribution in [3.63, 3.8) is 0 Å². The average molecular weight is 808 g/mol. The zero-order valence-corrected chi connectivity index (χ0v) is 36.5. The first-order chi connectivity index (χ1) is 27.3. The molecule has 2 unspecified atom stereocenters. The van der Waals surface area contributed by atoms with E-state index in [-0.39, 0.29) is 32.1 Å². The summed E-state index contributed by atoms with van der Waals surface area (Å²) in [5.41, 5.74) is 0. The van der Waals surface area contributed by atoms with Gasteiger partial charge in [-0.2, -0.15) is 0 Å². The van der Waals surface area contributed by atoms with Crippen molar-refractivity contribution in [2.45, 2.75) is 193 Å². The zero-order valence-electron chi connectivity index (χ0n) is 35.6. The molecule has 1 amide bonds. The number of phosphoric acid groups is 1. The standard InChI is InChI=1S/C46H82NO8P/c1-3-5-7-9-11-13-15-17-19-21-22-23-24-26-28-30-32-34-36-38-45(49)47-40-41-54-56(51,52)55-43-44(48)42-53-46(50)39-37-35-33-31-29-27-25-20-18-16-14-12-10-8-6-4-2/h5,7,11,13,17,19,22-23,26,28,44,48H,3-4,6,8-10,12,14-16,18,20-21,24-25,27,29-43H2,1-2H3,(H,47,49)(H,51,52)/b7-5-,13-11-,19-17-,23-22-,28-26-. The topological polar surface area (TPSA) is 131 Å². The number of hydrogen-bond donors (Lipinski definition) is 3. The lowest BCUT2D eigenvalue weighted by Crippen LogP contribution is -2.27. The first-order valence-corrected chi connectivity index (χ1v) is 23.8. The van der Waals surface area contributed by atoms with Gasteiger partial charge in [-0.15, -0.1) is 0 Å². The molecular weight excluding hydrogens is 725 g/mol. The van der Waals surface area contributed by atoms with Gasteiger partial charge in [-0.05, 0) is 57.8 Å². The van der Waals surface area contributed by atoms with Crippen LogP contribution in [0.3, 0.4) is 0 Å². The van der Waals surface area contributed by atoms with Crippen molar-refractivity contribution in [3.8, 4) is 0 Å². The maximum atomic E-state index is 12.1. The van der Waals surface area contributed by atoms with Crippen LogP contribution in [-0.4, -0.2) is 54.3 Å². The molecular formula is C46H82NO8P. The molecule has 0 aromatic carbocycles. The second kappa shape index (κ2) is 42.3. The number of hydrogen-bond acceptors (Lipinski definition) is 7. The SMILES string of the molecule is CC/C=C\C/C=C\C/C=C\C/C=C\C/C=C\CCCCCC(=O)NCCOP(=O)(O)OCC(O)COC(=O)CCCCCCCCCCCCCCCCCC. The summed E-state index contributed by atoms with van der Waals surface area (Å²) in [4.78, 5) is 33.9. The quantitative estimate of drug-likeness (QED) is 0.0241. The molecule has 324 valence electrons. The largest absolute Gasteiger partial charge is 0.472 e. The van der Waals surface area contributed by atoms with Gasteiger partial charge in [0, 0.05) is 19.4 Å². The summed E-state index contributed by atoms with van der Waals surface area (Å²) in [5, 5.41) is 12.7. The molecule has 56 heavy (non-hydrogen) atoms. The van der Waals surface area contributed by atoms with Crippen LogP contribution in [0.4, 0.5) is 0 Å². The van der Waals surface area contributed by atoms with Gasteiger partial charge in [0.25, 0.3) is 0 Å². The van der Waals surface area contributed by atoms with E-state index < -0.39 is 26.5 Å². The summed E-state index contributed by atoms with van der Waals surface area (Å²) in [7, 11) is -4.43.